The van der Waals surface area contributed by atoms with Crippen molar-refractivity contribution in [2.75, 3.05) is 20.1 Å². The molecule has 1 heterocycles. The standard InChI is InChI=1S/C13H28N2/c1-11(2,3)15-9-12(4,5)14(8)13(6,7)10-15/h9-10H2,1-8H3. The number of rotatable bonds is 0. The van der Waals surface area contributed by atoms with Crippen molar-refractivity contribution in [3.05, 3.63) is 0 Å². The van der Waals surface area contributed by atoms with Gasteiger partial charge in [0.25, 0.3) is 0 Å². The van der Waals surface area contributed by atoms with Gasteiger partial charge in [-0.05, 0) is 55.5 Å². The maximum absolute atomic E-state index is 2.60. The molecule has 15 heavy (non-hydrogen) atoms. The van der Waals surface area contributed by atoms with Crippen LogP contribution >= 0.6 is 0 Å². The summed E-state index contributed by atoms with van der Waals surface area (Å²) < 4.78 is 0. The lowest BCUT2D eigenvalue weighted by Crippen LogP contribution is -2.69. The van der Waals surface area contributed by atoms with Crippen molar-refractivity contribution in [3.8, 4) is 0 Å². The molecule has 2 heteroatoms. The van der Waals surface area contributed by atoms with E-state index >= 15 is 0 Å². The maximum atomic E-state index is 2.60. The van der Waals surface area contributed by atoms with Gasteiger partial charge in [0.05, 0.1) is 0 Å². The van der Waals surface area contributed by atoms with Crippen molar-refractivity contribution in [1.82, 2.24) is 9.80 Å². The van der Waals surface area contributed by atoms with Gasteiger partial charge in [-0.15, -0.1) is 0 Å². The smallest absolute Gasteiger partial charge is 0.0283 e. The van der Waals surface area contributed by atoms with Crippen LogP contribution in [0.15, 0.2) is 0 Å². The molecule has 0 N–H and O–H groups in total. The Kier molecular flexibility index (Phi) is 2.99. The van der Waals surface area contributed by atoms with E-state index in [1.54, 1.807) is 0 Å². The van der Waals surface area contributed by atoms with Crippen molar-refractivity contribution in [2.24, 2.45) is 0 Å². The SMILES string of the molecule is CN1C(C)(C)CN(C(C)(C)C)CC1(C)C. The normalized spacial score (nSPS) is 28.0. The van der Waals surface area contributed by atoms with E-state index < -0.39 is 0 Å². The van der Waals surface area contributed by atoms with Crippen molar-refractivity contribution in [2.45, 2.75) is 65.1 Å². The Hall–Kier alpha value is -0.0800. The van der Waals surface area contributed by atoms with Gasteiger partial charge in [0, 0.05) is 29.7 Å². The summed E-state index contributed by atoms with van der Waals surface area (Å²) in [6, 6.07) is 0. The fourth-order valence-electron chi connectivity index (χ4n) is 2.50. The molecule has 1 aliphatic rings. The summed E-state index contributed by atoms with van der Waals surface area (Å²) in [5.74, 6) is 0. The predicted octanol–water partition coefficient (Wildman–Crippen LogP) is 2.59. The van der Waals surface area contributed by atoms with Gasteiger partial charge >= 0.3 is 0 Å². The lowest BCUT2D eigenvalue weighted by atomic mass is 9.86. The minimum atomic E-state index is 0.259. The van der Waals surface area contributed by atoms with E-state index in [0.29, 0.717) is 0 Å². The van der Waals surface area contributed by atoms with E-state index in [0.717, 1.165) is 13.1 Å². The van der Waals surface area contributed by atoms with E-state index in [2.05, 4.69) is 65.3 Å². The lowest BCUT2D eigenvalue weighted by Gasteiger charge is -2.58. The van der Waals surface area contributed by atoms with Crippen LogP contribution in [0.4, 0.5) is 0 Å². The summed E-state index contributed by atoms with van der Waals surface area (Å²) in [4.78, 5) is 5.12. The molecule has 1 rings (SSSR count). The van der Waals surface area contributed by atoms with E-state index in [9.17, 15) is 0 Å². The van der Waals surface area contributed by atoms with Crippen LogP contribution in [0, 0.1) is 0 Å². The Balaban J connectivity index is 2.94. The average molecular weight is 212 g/mol. The Bertz CT molecular complexity index is 217. The topological polar surface area (TPSA) is 6.48 Å². The predicted molar refractivity (Wildman–Crippen MR) is 67.2 cm³/mol. The third-order valence-electron chi connectivity index (χ3n) is 3.92. The van der Waals surface area contributed by atoms with Crippen LogP contribution in [0.25, 0.3) is 0 Å². The number of piperazine rings is 1. The minimum Gasteiger partial charge on any atom is -0.295 e. The van der Waals surface area contributed by atoms with Crippen LogP contribution in [0.1, 0.15) is 48.5 Å². The largest absolute Gasteiger partial charge is 0.295 e. The highest BCUT2D eigenvalue weighted by molar-refractivity contribution is 5.01. The first-order valence-corrected chi connectivity index (χ1v) is 5.96. The molecule has 2 nitrogen and oxygen atoms in total. The molecule has 0 spiro atoms. The fourth-order valence-corrected chi connectivity index (χ4v) is 2.50. The summed E-state index contributed by atoms with van der Waals surface area (Å²) in [6.07, 6.45) is 0. The molecule has 0 unspecified atom stereocenters. The van der Waals surface area contributed by atoms with Crippen LogP contribution in [0.5, 0.6) is 0 Å². The molecule has 1 fully saturated rings. The first-order chi connectivity index (χ1) is 6.47. The van der Waals surface area contributed by atoms with Gasteiger partial charge in [-0.25, -0.2) is 0 Å². The molecule has 90 valence electrons. The molecule has 0 radical (unpaired) electrons. The quantitative estimate of drug-likeness (QED) is 0.609. The van der Waals surface area contributed by atoms with E-state index in [4.69, 9.17) is 0 Å². The molecule has 0 aromatic rings. The zero-order valence-corrected chi connectivity index (χ0v) is 11.8. The van der Waals surface area contributed by atoms with E-state index in [1.807, 2.05) is 0 Å². The van der Waals surface area contributed by atoms with Gasteiger partial charge < -0.3 is 0 Å². The Labute approximate surface area is 95.6 Å². The number of likely N-dealkylation sites (N-methyl/N-ethyl adjacent to an activating group) is 1. The third kappa shape index (κ3) is 2.54. The molecular weight excluding hydrogens is 184 g/mol. The summed E-state index contributed by atoms with van der Waals surface area (Å²) in [7, 11) is 2.25. The highest BCUT2D eigenvalue weighted by Crippen LogP contribution is 2.33. The minimum absolute atomic E-state index is 0.259. The summed E-state index contributed by atoms with van der Waals surface area (Å²) >= 11 is 0. The van der Waals surface area contributed by atoms with Gasteiger partial charge in [-0.1, -0.05) is 0 Å². The molecule has 0 aromatic heterocycles. The summed E-state index contributed by atoms with van der Waals surface area (Å²) in [5.41, 5.74) is 0.792. The molecule has 0 aromatic carbocycles. The highest BCUT2D eigenvalue weighted by Gasteiger charge is 2.44. The first kappa shape index (κ1) is 13.0. The second-order valence-electron chi connectivity index (χ2n) is 7.21. The molecule has 1 saturated heterocycles. The molecule has 0 bridgehead atoms. The van der Waals surface area contributed by atoms with Gasteiger partial charge in [-0.3, -0.25) is 9.80 Å². The second kappa shape index (κ2) is 3.46. The van der Waals surface area contributed by atoms with Crippen molar-refractivity contribution < 1.29 is 0 Å². The lowest BCUT2D eigenvalue weighted by molar-refractivity contribution is -0.0796. The number of hydrogen-bond donors (Lipinski definition) is 0. The van der Waals surface area contributed by atoms with Crippen LogP contribution in [0.3, 0.4) is 0 Å². The Morgan fingerprint density at radius 2 is 1.20 bits per heavy atom. The first-order valence-electron chi connectivity index (χ1n) is 5.96. The van der Waals surface area contributed by atoms with E-state index in [1.165, 1.54) is 0 Å². The van der Waals surface area contributed by atoms with Crippen LogP contribution in [-0.4, -0.2) is 46.6 Å². The third-order valence-corrected chi connectivity index (χ3v) is 3.92. The van der Waals surface area contributed by atoms with Gasteiger partial charge in [0.15, 0.2) is 0 Å². The maximum Gasteiger partial charge on any atom is 0.0283 e. The summed E-state index contributed by atoms with van der Waals surface area (Å²) in [6.45, 7) is 18.6. The fraction of sp³-hybridized carbons (Fsp3) is 1.00. The molecule has 0 saturated carbocycles. The molecule has 0 aliphatic carbocycles. The van der Waals surface area contributed by atoms with Gasteiger partial charge in [0.1, 0.15) is 0 Å². The van der Waals surface area contributed by atoms with Crippen LogP contribution in [-0.2, 0) is 0 Å². The second-order valence-corrected chi connectivity index (χ2v) is 7.21. The molecule has 0 amide bonds. The van der Waals surface area contributed by atoms with Crippen LogP contribution in [0.2, 0.25) is 0 Å². The van der Waals surface area contributed by atoms with Gasteiger partial charge in [-0.2, -0.15) is 0 Å². The zero-order chi connectivity index (χ0) is 12.1. The van der Waals surface area contributed by atoms with E-state index in [-0.39, 0.29) is 16.6 Å². The van der Waals surface area contributed by atoms with Gasteiger partial charge in [0.2, 0.25) is 0 Å². The average Bonchev–Trinajstić information content (AvgIpc) is 1.97. The molecular formula is C13H28N2. The zero-order valence-electron chi connectivity index (χ0n) is 11.8. The number of nitrogens with zero attached hydrogens (tertiary/aromatic N) is 2. The Morgan fingerprint density at radius 3 is 1.47 bits per heavy atom. The highest BCUT2D eigenvalue weighted by atomic mass is 15.4. The number of hydrogen-bond acceptors (Lipinski definition) is 2. The van der Waals surface area contributed by atoms with Crippen molar-refractivity contribution in [1.29, 1.82) is 0 Å². The van der Waals surface area contributed by atoms with Crippen molar-refractivity contribution >= 4 is 0 Å². The monoisotopic (exact) mass is 212 g/mol. The van der Waals surface area contributed by atoms with Crippen molar-refractivity contribution in [3.63, 3.8) is 0 Å². The Morgan fingerprint density at radius 1 is 0.867 bits per heavy atom. The van der Waals surface area contributed by atoms with Crippen LogP contribution < -0.4 is 0 Å². The molecule has 1 aliphatic heterocycles. The molecule has 0 atom stereocenters. The summed E-state index contributed by atoms with van der Waals surface area (Å²) in [5, 5.41) is 0.